The summed E-state index contributed by atoms with van der Waals surface area (Å²) in [6.07, 6.45) is 3.04. The molecule has 1 aromatic heterocycles. The van der Waals surface area contributed by atoms with Crippen LogP contribution < -0.4 is 10.6 Å². The summed E-state index contributed by atoms with van der Waals surface area (Å²) in [5.74, 6) is -0.823. The molecule has 5 nitrogen and oxygen atoms in total. The van der Waals surface area contributed by atoms with E-state index in [9.17, 15) is 9.90 Å². The van der Waals surface area contributed by atoms with E-state index in [1.165, 1.54) is 11.1 Å². The molecule has 3 rings (SSSR count). The molecule has 22 heavy (non-hydrogen) atoms. The Kier molecular flexibility index (Phi) is 4.18. The van der Waals surface area contributed by atoms with Crippen LogP contribution in [0.1, 0.15) is 43.0 Å². The van der Waals surface area contributed by atoms with Crippen LogP contribution in [0.25, 0.3) is 10.9 Å². The van der Waals surface area contributed by atoms with Crippen LogP contribution in [0.3, 0.4) is 0 Å². The second-order valence-corrected chi connectivity index (χ2v) is 5.85. The molecule has 0 amide bonds. The molecule has 118 valence electrons. The lowest BCUT2D eigenvalue weighted by Crippen LogP contribution is -2.28. The van der Waals surface area contributed by atoms with Crippen molar-refractivity contribution in [2.75, 3.05) is 6.54 Å². The van der Waals surface area contributed by atoms with Crippen LogP contribution in [0.5, 0.6) is 0 Å². The predicted molar refractivity (Wildman–Crippen MR) is 86.8 cm³/mol. The minimum absolute atomic E-state index is 0.629. The Bertz CT molecular complexity index is 705. The summed E-state index contributed by atoms with van der Waals surface area (Å²) in [6.45, 7) is 7.36. The Morgan fingerprint density at radius 3 is 2.73 bits per heavy atom. The second kappa shape index (κ2) is 6.10. The number of carboxylic acids is 1. The van der Waals surface area contributed by atoms with Crippen LogP contribution in [0.2, 0.25) is 0 Å². The second-order valence-electron chi connectivity index (χ2n) is 5.85. The zero-order chi connectivity index (χ0) is 15.7. The number of carboxylic acid groups (broad SMARTS) is 1. The van der Waals surface area contributed by atoms with E-state index in [1.54, 1.807) is 0 Å². The molecule has 2 aromatic rings. The highest BCUT2D eigenvalue weighted by atomic mass is 16.4. The van der Waals surface area contributed by atoms with Crippen molar-refractivity contribution < 1.29 is 9.90 Å². The molecule has 1 aliphatic rings. The van der Waals surface area contributed by atoms with Gasteiger partial charge in [-0.25, -0.2) is 0 Å². The summed E-state index contributed by atoms with van der Waals surface area (Å²) < 4.78 is 2.19. The van der Waals surface area contributed by atoms with Gasteiger partial charge in [0.1, 0.15) is 6.04 Å². The topological polar surface area (TPSA) is 66.3 Å². The van der Waals surface area contributed by atoms with E-state index in [2.05, 4.69) is 34.3 Å². The summed E-state index contributed by atoms with van der Waals surface area (Å²) in [5, 5.41) is 17.1. The largest absolute Gasteiger partial charge is 0.480 e. The molecule has 0 spiro atoms. The molecule has 0 radical (unpaired) electrons. The van der Waals surface area contributed by atoms with Gasteiger partial charge in [-0.3, -0.25) is 4.79 Å². The van der Waals surface area contributed by atoms with E-state index < -0.39 is 12.0 Å². The lowest BCUT2D eigenvalue weighted by atomic mass is 10.0. The third-order valence-corrected chi connectivity index (χ3v) is 4.29. The monoisotopic (exact) mass is 301 g/mol. The number of benzene rings is 1. The fraction of sp³-hybridized carbons (Fsp3) is 0.471. The number of hydrogen-bond donors (Lipinski definition) is 3. The van der Waals surface area contributed by atoms with Crippen molar-refractivity contribution in [2.45, 2.75) is 45.9 Å². The number of carbonyl (C=O) groups is 1. The van der Waals surface area contributed by atoms with Crippen LogP contribution in [0, 0.1) is 0 Å². The van der Waals surface area contributed by atoms with Gasteiger partial charge < -0.3 is 20.3 Å². The van der Waals surface area contributed by atoms with Gasteiger partial charge in [0.05, 0.1) is 0 Å². The molecule has 0 aliphatic carbocycles. The van der Waals surface area contributed by atoms with Crippen molar-refractivity contribution in [1.82, 2.24) is 15.2 Å². The first-order valence-electron chi connectivity index (χ1n) is 7.97. The minimum Gasteiger partial charge on any atom is -0.480 e. The van der Waals surface area contributed by atoms with Crippen molar-refractivity contribution in [2.24, 2.45) is 0 Å². The smallest absolute Gasteiger partial charge is 0.325 e. The van der Waals surface area contributed by atoms with Gasteiger partial charge in [0.2, 0.25) is 0 Å². The average Bonchev–Trinajstić information content (AvgIpc) is 3.07. The Labute approximate surface area is 130 Å². The van der Waals surface area contributed by atoms with E-state index >= 15 is 0 Å². The van der Waals surface area contributed by atoms with Gasteiger partial charge in [-0.05, 0) is 36.2 Å². The number of nitrogens with zero attached hydrogens (tertiary/aromatic N) is 1. The maximum atomic E-state index is 11.7. The number of likely N-dealkylation sites (N-methyl/N-ethyl adjacent to an activating group) is 1. The third-order valence-electron chi connectivity index (χ3n) is 4.29. The van der Waals surface area contributed by atoms with E-state index in [0.717, 1.165) is 42.5 Å². The van der Waals surface area contributed by atoms with E-state index in [0.29, 0.717) is 6.54 Å². The Balaban J connectivity index is 2.18. The van der Waals surface area contributed by atoms with Crippen LogP contribution in [0.4, 0.5) is 0 Å². The molecule has 0 saturated heterocycles. The first-order chi connectivity index (χ1) is 10.7. The van der Waals surface area contributed by atoms with Gasteiger partial charge in [0, 0.05) is 42.3 Å². The van der Waals surface area contributed by atoms with Gasteiger partial charge in [0.15, 0.2) is 0 Å². The number of aryl methyl sites for hydroxylation is 1. The molecule has 0 fully saturated rings. The van der Waals surface area contributed by atoms with Crippen molar-refractivity contribution in [3.8, 4) is 0 Å². The number of aromatic nitrogens is 1. The fourth-order valence-corrected chi connectivity index (χ4v) is 3.30. The number of fused-ring (bicyclic) bond motifs is 2. The SMILES string of the molecule is CCCn1cc(C(NCC)C(=O)O)c2cc3c(cc21)CNC3. The van der Waals surface area contributed by atoms with Crippen molar-refractivity contribution in [3.05, 3.63) is 35.0 Å². The molecule has 0 saturated carbocycles. The highest BCUT2D eigenvalue weighted by molar-refractivity contribution is 5.91. The zero-order valence-corrected chi connectivity index (χ0v) is 13.1. The summed E-state index contributed by atoms with van der Waals surface area (Å²) in [7, 11) is 0. The predicted octanol–water partition coefficient (Wildman–Crippen LogP) is 2.39. The third kappa shape index (κ3) is 2.51. The molecule has 1 aliphatic heterocycles. The standard InChI is InChI=1S/C17H23N3O2/c1-3-5-20-10-14(16(17(21)22)19-4-2)13-6-11-8-18-9-12(11)7-15(13)20/h6-7,10,16,18-19H,3-5,8-9H2,1-2H3,(H,21,22). The van der Waals surface area contributed by atoms with E-state index in [4.69, 9.17) is 0 Å². The molecule has 0 bridgehead atoms. The molecule has 1 atom stereocenters. The number of nitrogens with one attached hydrogen (secondary N) is 2. The quantitative estimate of drug-likeness (QED) is 0.766. The normalized spacial score (nSPS) is 15.2. The fourth-order valence-electron chi connectivity index (χ4n) is 3.30. The summed E-state index contributed by atoms with van der Waals surface area (Å²) in [6, 6.07) is 3.73. The first-order valence-corrected chi connectivity index (χ1v) is 7.97. The van der Waals surface area contributed by atoms with E-state index in [-0.39, 0.29) is 0 Å². The van der Waals surface area contributed by atoms with Gasteiger partial charge >= 0.3 is 5.97 Å². The number of rotatable bonds is 6. The summed E-state index contributed by atoms with van der Waals surface area (Å²) in [5.41, 5.74) is 4.62. The molecule has 2 heterocycles. The average molecular weight is 301 g/mol. The Morgan fingerprint density at radius 2 is 2.09 bits per heavy atom. The van der Waals surface area contributed by atoms with Crippen LogP contribution >= 0.6 is 0 Å². The molecular formula is C17H23N3O2. The summed E-state index contributed by atoms with van der Waals surface area (Å²) in [4.78, 5) is 11.7. The maximum Gasteiger partial charge on any atom is 0.325 e. The van der Waals surface area contributed by atoms with Crippen molar-refractivity contribution in [1.29, 1.82) is 0 Å². The van der Waals surface area contributed by atoms with Gasteiger partial charge in [-0.2, -0.15) is 0 Å². The molecule has 5 heteroatoms. The lowest BCUT2D eigenvalue weighted by Gasteiger charge is -2.12. The van der Waals surface area contributed by atoms with Gasteiger partial charge in [-0.15, -0.1) is 0 Å². The molecule has 1 aromatic carbocycles. The highest BCUT2D eigenvalue weighted by Gasteiger charge is 2.24. The minimum atomic E-state index is -0.823. The summed E-state index contributed by atoms with van der Waals surface area (Å²) >= 11 is 0. The Hall–Kier alpha value is -1.85. The van der Waals surface area contributed by atoms with Gasteiger partial charge in [0.25, 0.3) is 0 Å². The first kappa shape index (κ1) is 15.1. The van der Waals surface area contributed by atoms with E-state index in [1.807, 2.05) is 13.1 Å². The van der Waals surface area contributed by atoms with Crippen LogP contribution in [0.15, 0.2) is 18.3 Å². The highest BCUT2D eigenvalue weighted by Crippen LogP contribution is 2.31. The molecule has 1 unspecified atom stereocenters. The molecular weight excluding hydrogens is 278 g/mol. The Morgan fingerprint density at radius 1 is 1.36 bits per heavy atom. The lowest BCUT2D eigenvalue weighted by molar-refractivity contribution is -0.139. The molecule has 3 N–H and O–H groups in total. The number of aliphatic carboxylic acids is 1. The van der Waals surface area contributed by atoms with Crippen molar-refractivity contribution >= 4 is 16.9 Å². The van der Waals surface area contributed by atoms with Gasteiger partial charge in [-0.1, -0.05) is 13.8 Å². The maximum absolute atomic E-state index is 11.7. The zero-order valence-electron chi connectivity index (χ0n) is 13.1. The van der Waals surface area contributed by atoms with Crippen LogP contribution in [-0.2, 0) is 24.4 Å². The number of hydrogen-bond acceptors (Lipinski definition) is 3. The van der Waals surface area contributed by atoms with Crippen LogP contribution in [-0.4, -0.2) is 22.2 Å². The van der Waals surface area contributed by atoms with Crippen molar-refractivity contribution in [3.63, 3.8) is 0 Å².